The maximum absolute atomic E-state index is 12.9. The van der Waals surface area contributed by atoms with Crippen LogP contribution in [0.3, 0.4) is 0 Å². The Hall–Kier alpha value is -1.35. The molecule has 3 heteroatoms. The van der Waals surface area contributed by atoms with Gasteiger partial charge >= 0.3 is 0 Å². The van der Waals surface area contributed by atoms with Crippen LogP contribution in [0.5, 0.6) is 0 Å². The fourth-order valence-electron chi connectivity index (χ4n) is 3.62. The first-order valence-electron chi connectivity index (χ1n) is 8.25. The molecule has 1 fully saturated rings. The fourth-order valence-corrected chi connectivity index (χ4v) is 3.62. The van der Waals surface area contributed by atoms with Crippen LogP contribution in [0.4, 0.5) is 5.69 Å². The van der Waals surface area contributed by atoms with E-state index in [0.29, 0.717) is 11.7 Å². The lowest BCUT2D eigenvalue weighted by Crippen LogP contribution is -2.51. The maximum atomic E-state index is 12.9. The molecule has 0 saturated carbocycles. The van der Waals surface area contributed by atoms with Crippen molar-refractivity contribution in [3.05, 3.63) is 29.3 Å². The van der Waals surface area contributed by atoms with E-state index in [1.807, 2.05) is 0 Å². The summed E-state index contributed by atoms with van der Waals surface area (Å²) in [6.45, 7) is 9.76. The quantitative estimate of drug-likeness (QED) is 0.920. The molecule has 0 amide bonds. The minimum atomic E-state index is -0.331. The Morgan fingerprint density at radius 1 is 1.29 bits per heavy atom. The molecule has 1 spiro atoms. The number of hydrogen-bond donors (Lipinski definition) is 1. The predicted molar refractivity (Wildman–Crippen MR) is 87.2 cm³/mol. The molecule has 3 nitrogen and oxygen atoms in total. The van der Waals surface area contributed by atoms with Crippen molar-refractivity contribution in [2.45, 2.75) is 51.5 Å². The number of hydrogen-bond acceptors (Lipinski definition) is 3. The van der Waals surface area contributed by atoms with E-state index in [4.69, 9.17) is 0 Å². The van der Waals surface area contributed by atoms with Crippen LogP contribution in [0.25, 0.3) is 0 Å². The highest BCUT2D eigenvalue weighted by atomic mass is 16.1. The summed E-state index contributed by atoms with van der Waals surface area (Å²) >= 11 is 0. The first-order valence-corrected chi connectivity index (χ1v) is 8.25. The van der Waals surface area contributed by atoms with E-state index in [1.54, 1.807) is 0 Å². The summed E-state index contributed by atoms with van der Waals surface area (Å²) < 4.78 is 0. The number of anilines is 1. The summed E-state index contributed by atoms with van der Waals surface area (Å²) in [4.78, 5) is 15.4. The Morgan fingerprint density at radius 2 is 2.00 bits per heavy atom. The number of ketones is 1. The summed E-state index contributed by atoms with van der Waals surface area (Å²) in [6, 6.07) is 6.34. The summed E-state index contributed by atoms with van der Waals surface area (Å²) in [5.74, 6) is 0.780. The molecule has 0 aliphatic carbocycles. The van der Waals surface area contributed by atoms with Crippen LogP contribution in [0, 0.1) is 0 Å². The van der Waals surface area contributed by atoms with Gasteiger partial charge in [0.2, 0.25) is 0 Å². The first-order chi connectivity index (χ1) is 10.1. The van der Waals surface area contributed by atoms with Gasteiger partial charge in [0.1, 0.15) is 5.54 Å². The van der Waals surface area contributed by atoms with Gasteiger partial charge in [-0.15, -0.1) is 0 Å². The maximum Gasteiger partial charge on any atom is 0.190 e. The van der Waals surface area contributed by atoms with E-state index < -0.39 is 0 Å². The van der Waals surface area contributed by atoms with Crippen LogP contribution < -0.4 is 5.32 Å². The number of Topliss-reactive ketones (excluding diaryl/α,β-unsaturated/α-hetero) is 1. The number of rotatable bonds is 3. The van der Waals surface area contributed by atoms with Crippen LogP contribution >= 0.6 is 0 Å². The standard InChI is InChI=1S/C18H26N2O/c1-4-9-20-10-7-18(8-11-20)17(21)15-12-14(13(2)3)5-6-16(15)19-18/h5-6,12-13,19H,4,7-11H2,1-3H3. The van der Waals surface area contributed by atoms with Crippen LogP contribution in [0.15, 0.2) is 18.2 Å². The number of fused-ring (bicyclic) bond motifs is 1. The lowest BCUT2D eigenvalue weighted by Gasteiger charge is -2.38. The number of nitrogens with one attached hydrogen (secondary N) is 1. The zero-order valence-electron chi connectivity index (χ0n) is 13.4. The minimum Gasteiger partial charge on any atom is -0.372 e. The Balaban J connectivity index is 1.81. The van der Waals surface area contributed by atoms with Gasteiger partial charge in [-0.05, 0) is 49.4 Å². The van der Waals surface area contributed by atoms with Crippen LogP contribution in [-0.4, -0.2) is 35.9 Å². The molecular weight excluding hydrogens is 260 g/mol. The summed E-state index contributed by atoms with van der Waals surface area (Å²) in [6.07, 6.45) is 3.04. The van der Waals surface area contributed by atoms with Gasteiger partial charge in [0.25, 0.3) is 0 Å². The van der Waals surface area contributed by atoms with Crippen molar-refractivity contribution < 1.29 is 4.79 Å². The normalized spacial score (nSPS) is 20.9. The predicted octanol–water partition coefficient (Wildman–Crippen LogP) is 3.66. The lowest BCUT2D eigenvalue weighted by molar-refractivity contribution is 0.0832. The third-order valence-electron chi connectivity index (χ3n) is 5.01. The summed E-state index contributed by atoms with van der Waals surface area (Å²) in [7, 11) is 0. The van der Waals surface area contributed by atoms with E-state index >= 15 is 0 Å². The molecule has 1 N–H and O–H groups in total. The van der Waals surface area contributed by atoms with Crippen LogP contribution in [-0.2, 0) is 0 Å². The molecule has 114 valence electrons. The molecular formula is C18H26N2O. The lowest BCUT2D eigenvalue weighted by atomic mass is 9.83. The Morgan fingerprint density at radius 3 is 2.62 bits per heavy atom. The molecule has 0 unspecified atom stereocenters. The van der Waals surface area contributed by atoms with Gasteiger partial charge in [0.15, 0.2) is 5.78 Å². The van der Waals surface area contributed by atoms with Crippen molar-refractivity contribution in [1.82, 2.24) is 4.90 Å². The van der Waals surface area contributed by atoms with Gasteiger partial charge in [-0.3, -0.25) is 4.79 Å². The Kier molecular flexibility index (Phi) is 3.78. The Bertz CT molecular complexity index is 542. The van der Waals surface area contributed by atoms with Crippen molar-refractivity contribution in [3.8, 4) is 0 Å². The molecule has 3 rings (SSSR count). The third kappa shape index (κ3) is 2.48. The fraction of sp³-hybridized carbons (Fsp3) is 0.611. The molecule has 0 aromatic heterocycles. The highest BCUT2D eigenvalue weighted by Gasteiger charge is 2.46. The van der Waals surface area contributed by atoms with Gasteiger partial charge in [-0.2, -0.15) is 0 Å². The van der Waals surface area contributed by atoms with Crippen molar-refractivity contribution in [2.24, 2.45) is 0 Å². The van der Waals surface area contributed by atoms with E-state index in [9.17, 15) is 4.79 Å². The number of carbonyl (C=O) groups is 1. The van der Waals surface area contributed by atoms with Crippen molar-refractivity contribution >= 4 is 11.5 Å². The van der Waals surface area contributed by atoms with Crippen LogP contribution in [0.2, 0.25) is 0 Å². The number of nitrogens with zero attached hydrogens (tertiary/aromatic N) is 1. The van der Waals surface area contributed by atoms with E-state index in [1.165, 1.54) is 12.0 Å². The minimum absolute atomic E-state index is 0.316. The molecule has 1 saturated heterocycles. The topological polar surface area (TPSA) is 32.3 Å². The monoisotopic (exact) mass is 286 g/mol. The van der Waals surface area contributed by atoms with E-state index in [0.717, 1.165) is 43.7 Å². The molecule has 1 aromatic rings. The first kappa shape index (κ1) is 14.6. The van der Waals surface area contributed by atoms with Gasteiger partial charge in [0.05, 0.1) is 0 Å². The number of likely N-dealkylation sites (tertiary alicyclic amines) is 1. The summed E-state index contributed by atoms with van der Waals surface area (Å²) in [5.41, 5.74) is 2.87. The second-order valence-electron chi connectivity index (χ2n) is 6.84. The van der Waals surface area contributed by atoms with Gasteiger partial charge in [-0.25, -0.2) is 0 Å². The molecule has 0 bridgehead atoms. The van der Waals surface area contributed by atoms with Crippen molar-refractivity contribution in [3.63, 3.8) is 0 Å². The van der Waals surface area contributed by atoms with Gasteiger partial charge in [0, 0.05) is 24.3 Å². The zero-order chi connectivity index (χ0) is 15.0. The molecule has 1 aromatic carbocycles. The Labute approximate surface area is 127 Å². The highest BCUT2D eigenvalue weighted by Crippen LogP contribution is 2.39. The molecule has 0 radical (unpaired) electrons. The smallest absolute Gasteiger partial charge is 0.190 e. The summed E-state index contributed by atoms with van der Waals surface area (Å²) in [5, 5.41) is 3.55. The molecule has 2 aliphatic rings. The van der Waals surface area contributed by atoms with Crippen molar-refractivity contribution in [1.29, 1.82) is 0 Å². The SMILES string of the molecule is CCCN1CCC2(CC1)Nc1ccc(C(C)C)cc1C2=O. The second kappa shape index (κ2) is 5.45. The molecule has 2 heterocycles. The van der Waals surface area contributed by atoms with Crippen LogP contribution in [0.1, 0.15) is 61.9 Å². The van der Waals surface area contributed by atoms with Gasteiger partial charge < -0.3 is 10.2 Å². The molecule has 2 aliphatic heterocycles. The third-order valence-corrected chi connectivity index (χ3v) is 5.01. The molecule has 21 heavy (non-hydrogen) atoms. The average molecular weight is 286 g/mol. The number of benzene rings is 1. The number of carbonyl (C=O) groups excluding carboxylic acids is 1. The zero-order valence-corrected chi connectivity index (χ0v) is 13.4. The van der Waals surface area contributed by atoms with E-state index in [2.05, 4.69) is 49.2 Å². The molecule has 0 atom stereocenters. The second-order valence-corrected chi connectivity index (χ2v) is 6.84. The number of piperidine rings is 1. The average Bonchev–Trinajstić information content (AvgIpc) is 2.74. The largest absolute Gasteiger partial charge is 0.372 e. The highest BCUT2D eigenvalue weighted by molar-refractivity contribution is 6.13. The van der Waals surface area contributed by atoms with Crippen molar-refractivity contribution in [2.75, 3.05) is 25.0 Å². The van der Waals surface area contributed by atoms with E-state index in [-0.39, 0.29) is 5.54 Å². The van der Waals surface area contributed by atoms with Gasteiger partial charge in [-0.1, -0.05) is 26.8 Å².